The largest absolute Gasteiger partial charge is 0.464 e. The highest BCUT2D eigenvalue weighted by Gasteiger charge is 1.89. The van der Waals surface area contributed by atoms with Gasteiger partial charge < -0.3 is 4.42 Å². The van der Waals surface area contributed by atoms with Crippen LogP contribution in [-0.2, 0) is 0 Å². The lowest BCUT2D eigenvalue weighted by atomic mass is 10.3. The number of furan rings is 1. The van der Waals surface area contributed by atoms with Crippen LogP contribution in [0.5, 0.6) is 0 Å². The standard InChI is InChI=1S/C10H12O/c1-4-5-6-10-9(3)8(2)7-11-10/h4-7H,3H2,1-2H3. The Morgan fingerprint density at radius 3 is 2.73 bits per heavy atom. The Hall–Kier alpha value is -1.24. The molecular weight excluding hydrogens is 136 g/mol. The van der Waals surface area contributed by atoms with E-state index in [1.807, 2.05) is 32.1 Å². The van der Waals surface area contributed by atoms with Crippen LogP contribution in [0, 0.1) is 6.92 Å². The van der Waals surface area contributed by atoms with Gasteiger partial charge in [0.05, 0.1) is 6.26 Å². The van der Waals surface area contributed by atoms with E-state index in [2.05, 4.69) is 6.58 Å². The summed E-state index contributed by atoms with van der Waals surface area (Å²) in [6, 6.07) is 0. The molecule has 0 aliphatic carbocycles. The van der Waals surface area contributed by atoms with Crippen molar-refractivity contribution < 1.29 is 4.42 Å². The van der Waals surface area contributed by atoms with Crippen molar-refractivity contribution in [2.75, 3.05) is 0 Å². The van der Waals surface area contributed by atoms with Crippen LogP contribution in [0.25, 0.3) is 12.7 Å². The van der Waals surface area contributed by atoms with Gasteiger partial charge in [-0.2, -0.15) is 0 Å². The predicted octanol–water partition coefficient (Wildman–Crippen LogP) is 1.35. The van der Waals surface area contributed by atoms with Crippen molar-refractivity contribution in [1.29, 1.82) is 0 Å². The van der Waals surface area contributed by atoms with Crippen LogP contribution in [0.4, 0.5) is 0 Å². The van der Waals surface area contributed by atoms with Gasteiger partial charge in [-0.15, -0.1) is 0 Å². The lowest BCUT2D eigenvalue weighted by Crippen LogP contribution is -2.18. The lowest BCUT2D eigenvalue weighted by Gasteiger charge is -1.73. The number of aryl methyl sites for hydroxylation is 1. The molecule has 1 aromatic rings. The molecule has 0 spiro atoms. The number of hydrogen-bond donors (Lipinski definition) is 0. The van der Waals surface area contributed by atoms with Gasteiger partial charge in [0.25, 0.3) is 0 Å². The monoisotopic (exact) mass is 148 g/mol. The average molecular weight is 148 g/mol. The Morgan fingerprint density at radius 1 is 1.55 bits per heavy atom. The molecule has 1 rings (SSSR count). The summed E-state index contributed by atoms with van der Waals surface area (Å²) in [6.45, 7) is 7.83. The summed E-state index contributed by atoms with van der Waals surface area (Å²) in [5.41, 5.74) is 1.95. The fourth-order valence-electron chi connectivity index (χ4n) is 0.812. The molecule has 58 valence electrons. The third-order valence-corrected chi connectivity index (χ3v) is 1.58. The fraction of sp³-hybridized carbons (Fsp3) is 0.200. The van der Waals surface area contributed by atoms with E-state index in [1.165, 1.54) is 0 Å². The SMILES string of the molecule is C=c1c(C)coc1=CC=CC. The molecule has 0 unspecified atom stereocenters. The molecule has 0 fully saturated rings. The minimum atomic E-state index is 0.848. The smallest absolute Gasteiger partial charge is 0.133 e. The van der Waals surface area contributed by atoms with E-state index in [-0.39, 0.29) is 0 Å². The first-order valence-corrected chi connectivity index (χ1v) is 3.61. The van der Waals surface area contributed by atoms with Crippen LogP contribution < -0.4 is 10.6 Å². The summed E-state index contributed by atoms with van der Waals surface area (Å²) in [5, 5.41) is 0.975. The molecule has 0 aliphatic heterocycles. The Bertz CT molecular complexity index is 355. The van der Waals surface area contributed by atoms with Crippen molar-refractivity contribution in [2.24, 2.45) is 0 Å². The molecule has 0 atom stereocenters. The van der Waals surface area contributed by atoms with E-state index in [0.717, 1.165) is 16.2 Å². The molecule has 0 saturated heterocycles. The third-order valence-electron chi connectivity index (χ3n) is 1.58. The second-order valence-electron chi connectivity index (χ2n) is 2.45. The Labute approximate surface area is 66.3 Å². The van der Waals surface area contributed by atoms with Crippen LogP contribution in [0.3, 0.4) is 0 Å². The summed E-state index contributed by atoms with van der Waals surface area (Å²) >= 11 is 0. The zero-order valence-electron chi connectivity index (χ0n) is 6.92. The summed E-state index contributed by atoms with van der Waals surface area (Å²) in [4.78, 5) is 0. The van der Waals surface area contributed by atoms with Gasteiger partial charge in [-0.3, -0.25) is 0 Å². The van der Waals surface area contributed by atoms with Crippen LogP contribution >= 0.6 is 0 Å². The molecule has 1 nitrogen and oxygen atoms in total. The van der Waals surface area contributed by atoms with Gasteiger partial charge in [-0.05, 0) is 25.5 Å². The third kappa shape index (κ3) is 1.61. The molecule has 0 aromatic carbocycles. The zero-order chi connectivity index (χ0) is 8.27. The van der Waals surface area contributed by atoms with Crippen molar-refractivity contribution in [2.45, 2.75) is 13.8 Å². The van der Waals surface area contributed by atoms with Crippen molar-refractivity contribution >= 4 is 12.7 Å². The minimum absolute atomic E-state index is 0.848. The molecule has 1 heterocycles. The second kappa shape index (κ2) is 3.24. The first kappa shape index (κ1) is 7.86. The summed E-state index contributed by atoms with van der Waals surface area (Å²) < 4.78 is 5.23. The maximum absolute atomic E-state index is 5.23. The number of hydrogen-bond acceptors (Lipinski definition) is 1. The van der Waals surface area contributed by atoms with Gasteiger partial charge in [0.1, 0.15) is 5.42 Å². The average Bonchev–Trinajstić information content (AvgIpc) is 2.31. The first-order chi connectivity index (χ1) is 5.25. The summed E-state index contributed by atoms with van der Waals surface area (Å²) in [6.07, 6.45) is 7.53. The van der Waals surface area contributed by atoms with Gasteiger partial charge in [0.2, 0.25) is 0 Å². The quantitative estimate of drug-likeness (QED) is 0.586. The van der Waals surface area contributed by atoms with Gasteiger partial charge in [-0.25, -0.2) is 0 Å². The molecule has 0 saturated carbocycles. The number of allylic oxidation sites excluding steroid dienone is 2. The highest BCUT2D eigenvalue weighted by atomic mass is 16.3. The van der Waals surface area contributed by atoms with Gasteiger partial charge >= 0.3 is 0 Å². The predicted molar refractivity (Wildman–Crippen MR) is 47.5 cm³/mol. The van der Waals surface area contributed by atoms with E-state index < -0.39 is 0 Å². The van der Waals surface area contributed by atoms with E-state index in [4.69, 9.17) is 4.42 Å². The van der Waals surface area contributed by atoms with Crippen molar-refractivity contribution in [3.05, 3.63) is 34.6 Å². The van der Waals surface area contributed by atoms with Gasteiger partial charge in [-0.1, -0.05) is 18.7 Å². The second-order valence-corrected chi connectivity index (χ2v) is 2.45. The maximum Gasteiger partial charge on any atom is 0.133 e. The van der Waals surface area contributed by atoms with E-state index >= 15 is 0 Å². The van der Waals surface area contributed by atoms with Crippen molar-refractivity contribution in [3.8, 4) is 0 Å². The Morgan fingerprint density at radius 2 is 2.27 bits per heavy atom. The molecule has 0 bridgehead atoms. The van der Waals surface area contributed by atoms with E-state index in [9.17, 15) is 0 Å². The van der Waals surface area contributed by atoms with Crippen LogP contribution in [0.2, 0.25) is 0 Å². The topological polar surface area (TPSA) is 13.1 Å². The van der Waals surface area contributed by atoms with E-state index in [1.54, 1.807) is 6.26 Å². The molecule has 1 aromatic heterocycles. The van der Waals surface area contributed by atoms with Crippen LogP contribution in [0.15, 0.2) is 22.8 Å². The van der Waals surface area contributed by atoms with Gasteiger partial charge in [0.15, 0.2) is 0 Å². The fourth-order valence-corrected chi connectivity index (χ4v) is 0.812. The molecule has 0 radical (unpaired) electrons. The molecule has 1 heteroatoms. The highest BCUT2D eigenvalue weighted by Crippen LogP contribution is 1.82. The Kier molecular flexibility index (Phi) is 2.32. The van der Waals surface area contributed by atoms with Crippen LogP contribution in [0.1, 0.15) is 12.5 Å². The van der Waals surface area contributed by atoms with Gasteiger partial charge in [0, 0.05) is 5.22 Å². The van der Waals surface area contributed by atoms with Crippen LogP contribution in [-0.4, -0.2) is 0 Å². The van der Waals surface area contributed by atoms with Crippen molar-refractivity contribution in [1.82, 2.24) is 0 Å². The highest BCUT2D eigenvalue weighted by molar-refractivity contribution is 5.35. The molecule has 0 aliphatic rings. The maximum atomic E-state index is 5.23. The molecule has 11 heavy (non-hydrogen) atoms. The molecule has 0 N–H and O–H groups in total. The molecular formula is C10H12O. The molecule has 0 amide bonds. The zero-order valence-corrected chi connectivity index (χ0v) is 6.92. The number of rotatable bonds is 1. The Balaban J connectivity index is 3.25. The summed E-state index contributed by atoms with van der Waals surface area (Å²) in [5.74, 6) is 0. The van der Waals surface area contributed by atoms with E-state index in [0.29, 0.717) is 0 Å². The minimum Gasteiger partial charge on any atom is -0.464 e. The lowest BCUT2D eigenvalue weighted by molar-refractivity contribution is 0.530. The van der Waals surface area contributed by atoms with Crippen molar-refractivity contribution in [3.63, 3.8) is 0 Å². The first-order valence-electron chi connectivity index (χ1n) is 3.61. The normalized spacial score (nSPS) is 13.1. The summed E-state index contributed by atoms with van der Waals surface area (Å²) in [7, 11) is 0.